The van der Waals surface area contributed by atoms with Crippen molar-refractivity contribution < 1.29 is 0 Å². The summed E-state index contributed by atoms with van der Waals surface area (Å²) >= 11 is 6.75. The zero-order valence-corrected chi connectivity index (χ0v) is 15.2. The fourth-order valence-electron chi connectivity index (χ4n) is 1.99. The Kier molecular flexibility index (Phi) is 14.2. The molecule has 18 heavy (non-hydrogen) atoms. The van der Waals surface area contributed by atoms with E-state index in [-0.39, 0.29) is 0 Å². The number of rotatable bonds is 11. The minimum atomic E-state index is 1.06. The monoisotopic (exact) mass is 378 g/mol. The molecule has 0 aliphatic carbocycles. The lowest BCUT2D eigenvalue weighted by molar-refractivity contribution is 0.588. The van der Waals surface area contributed by atoms with Crippen molar-refractivity contribution in [2.24, 2.45) is 0 Å². The number of halogens is 2. The topological polar surface area (TPSA) is 0 Å². The molecule has 0 aromatic carbocycles. The van der Waals surface area contributed by atoms with Gasteiger partial charge in [0.25, 0.3) is 0 Å². The Morgan fingerprint density at radius 1 is 0.833 bits per heavy atom. The van der Waals surface area contributed by atoms with Crippen molar-refractivity contribution in [3.05, 3.63) is 21.1 Å². The second-order valence-electron chi connectivity index (χ2n) is 4.99. The molecule has 0 heterocycles. The van der Waals surface area contributed by atoms with Gasteiger partial charge in [0.1, 0.15) is 0 Å². The Hall–Kier alpha value is 0.440. The lowest BCUT2D eigenvalue weighted by Gasteiger charge is -2.02. The van der Waals surface area contributed by atoms with Gasteiger partial charge in [0, 0.05) is 0 Å². The smallest absolute Gasteiger partial charge is 0.0564 e. The van der Waals surface area contributed by atoms with Crippen LogP contribution in [-0.2, 0) is 0 Å². The molecule has 0 aliphatic rings. The van der Waals surface area contributed by atoms with Crippen LogP contribution < -0.4 is 0 Å². The molecule has 0 aromatic rings. The molecular formula is C16H28Br2. The number of hydrogen-bond donors (Lipinski definition) is 0. The van der Waals surface area contributed by atoms with Crippen LogP contribution in [0.5, 0.6) is 0 Å². The van der Waals surface area contributed by atoms with Gasteiger partial charge < -0.3 is 0 Å². The predicted octanol–water partition coefficient (Wildman–Crippen LogP) is 7.48. The van der Waals surface area contributed by atoms with Crippen molar-refractivity contribution in [2.75, 3.05) is 0 Å². The molecule has 2 heteroatoms. The van der Waals surface area contributed by atoms with Crippen molar-refractivity contribution in [2.45, 2.75) is 78.1 Å². The predicted molar refractivity (Wildman–Crippen MR) is 91.5 cm³/mol. The summed E-state index contributed by atoms with van der Waals surface area (Å²) in [5.41, 5.74) is 1.56. The molecule has 0 fully saturated rings. The summed E-state index contributed by atoms with van der Waals surface area (Å²) in [5, 5.41) is 0. The van der Waals surface area contributed by atoms with Crippen LogP contribution in [0.3, 0.4) is 0 Å². The van der Waals surface area contributed by atoms with Crippen LogP contribution in [0.2, 0.25) is 0 Å². The molecule has 0 amide bonds. The third-order valence-corrected chi connectivity index (χ3v) is 3.78. The van der Waals surface area contributed by atoms with Crippen LogP contribution in [0.25, 0.3) is 0 Å². The van der Waals surface area contributed by atoms with E-state index in [1.165, 1.54) is 51.4 Å². The van der Waals surface area contributed by atoms with E-state index >= 15 is 0 Å². The van der Waals surface area contributed by atoms with Gasteiger partial charge in [0.05, 0.1) is 3.39 Å². The summed E-state index contributed by atoms with van der Waals surface area (Å²) in [5.74, 6) is 0. The average molecular weight is 380 g/mol. The largest absolute Gasteiger partial charge is 0.0853 e. The highest BCUT2D eigenvalue weighted by Gasteiger charge is 1.93. The molecule has 0 spiro atoms. The first-order valence-corrected chi connectivity index (χ1v) is 8.92. The van der Waals surface area contributed by atoms with Gasteiger partial charge >= 0.3 is 0 Å². The molecule has 0 unspecified atom stereocenters. The quantitative estimate of drug-likeness (QED) is 0.257. The Morgan fingerprint density at radius 3 is 2.00 bits per heavy atom. The number of hydrogen-bond acceptors (Lipinski definition) is 0. The van der Waals surface area contributed by atoms with Crippen LogP contribution in [-0.4, -0.2) is 0 Å². The lowest BCUT2D eigenvalue weighted by atomic mass is 10.0. The van der Waals surface area contributed by atoms with E-state index in [0.29, 0.717) is 0 Å². The van der Waals surface area contributed by atoms with Crippen LogP contribution in [0.1, 0.15) is 78.1 Å². The molecule has 0 nitrogen and oxygen atoms in total. The van der Waals surface area contributed by atoms with Gasteiger partial charge in [-0.3, -0.25) is 0 Å². The maximum Gasteiger partial charge on any atom is 0.0564 e. The second-order valence-corrected chi connectivity index (χ2v) is 7.77. The van der Waals surface area contributed by atoms with Crippen molar-refractivity contribution in [3.63, 3.8) is 0 Å². The van der Waals surface area contributed by atoms with E-state index in [0.717, 1.165) is 16.2 Å². The molecule has 0 bridgehead atoms. The van der Waals surface area contributed by atoms with Crippen molar-refractivity contribution in [1.82, 2.24) is 0 Å². The normalized spacial score (nSPS) is 11.7. The van der Waals surface area contributed by atoms with E-state index in [9.17, 15) is 0 Å². The fourth-order valence-corrected chi connectivity index (χ4v) is 2.44. The fraction of sp³-hybridized carbons (Fsp3) is 0.750. The molecule has 0 N–H and O–H groups in total. The lowest BCUT2D eigenvalue weighted by Crippen LogP contribution is -1.82. The number of unbranched alkanes of at least 4 members (excludes halogenated alkanes) is 7. The van der Waals surface area contributed by atoms with E-state index in [4.69, 9.17) is 0 Å². The van der Waals surface area contributed by atoms with E-state index in [1.807, 2.05) is 0 Å². The minimum absolute atomic E-state index is 1.06. The van der Waals surface area contributed by atoms with Crippen molar-refractivity contribution >= 4 is 31.9 Å². The third-order valence-electron chi connectivity index (χ3n) is 3.13. The van der Waals surface area contributed by atoms with Crippen LogP contribution in [0.4, 0.5) is 0 Å². The Labute approximate surface area is 131 Å². The molecule has 0 aliphatic heterocycles. The highest BCUT2D eigenvalue weighted by Crippen LogP contribution is 2.16. The molecule has 0 saturated heterocycles. The molecule has 0 rings (SSSR count). The molecule has 0 saturated carbocycles. The summed E-state index contributed by atoms with van der Waals surface area (Å²) in [6, 6.07) is 0. The van der Waals surface area contributed by atoms with Gasteiger partial charge in [-0.05, 0) is 64.5 Å². The van der Waals surface area contributed by atoms with Crippen LogP contribution >= 0.6 is 31.9 Å². The van der Waals surface area contributed by atoms with Crippen molar-refractivity contribution in [1.29, 1.82) is 0 Å². The Bertz CT molecular complexity index is 237. The van der Waals surface area contributed by atoms with Gasteiger partial charge in [0.2, 0.25) is 0 Å². The van der Waals surface area contributed by atoms with Crippen LogP contribution in [0, 0.1) is 0 Å². The summed E-state index contributed by atoms with van der Waals surface area (Å²) in [6.07, 6.45) is 17.9. The maximum absolute atomic E-state index is 3.38. The van der Waals surface area contributed by atoms with Gasteiger partial charge in [-0.15, -0.1) is 0 Å². The Morgan fingerprint density at radius 2 is 1.39 bits per heavy atom. The van der Waals surface area contributed by atoms with Crippen molar-refractivity contribution in [3.8, 4) is 0 Å². The van der Waals surface area contributed by atoms with Gasteiger partial charge in [-0.25, -0.2) is 0 Å². The zero-order valence-electron chi connectivity index (χ0n) is 12.0. The third kappa shape index (κ3) is 14.5. The molecule has 106 valence electrons. The maximum atomic E-state index is 3.38. The number of allylic oxidation sites excluding steroid dienone is 3. The van der Waals surface area contributed by atoms with E-state index < -0.39 is 0 Å². The Balaban J connectivity index is 3.38. The first-order valence-electron chi connectivity index (χ1n) is 7.33. The first-order chi connectivity index (χ1) is 8.66. The summed E-state index contributed by atoms with van der Waals surface area (Å²) in [4.78, 5) is 0. The summed E-state index contributed by atoms with van der Waals surface area (Å²) in [7, 11) is 0. The molecule has 0 aromatic heterocycles. The average Bonchev–Trinajstić information content (AvgIpc) is 2.33. The highest BCUT2D eigenvalue weighted by atomic mass is 79.9. The molecule has 0 atom stereocenters. The zero-order chi connectivity index (χ0) is 13.6. The second kappa shape index (κ2) is 13.9. The SMILES string of the molecule is CCCCCCCCCC(C)=CCCC=C(Br)Br. The van der Waals surface area contributed by atoms with E-state index in [2.05, 4.69) is 57.9 Å². The summed E-state index contributed by atoms with van der Waals surface area (Å²) < 4.78 is 1.06. The highest BCUT2D eigenvalue weighted by molar-refractivity contribution is 9.28. The summed E-state index contributed by atoms with van der Waals surface area (Å²) in [6.45, 7) is 4.54. The van der Waals surface area contributed by atoms with Gasteiger partial charge in [-0.1, -0.05) is 63.2 Å². The minimum Gasteiger partial charge on any atom is -0.0853 e. The van der Waals surface area contributed by atoms with Gasteiger partial charge in [0.15, 0.2) is 0 Å². The molecular weight excluding hydrogens is 352 g/mol. The van der Waals surface area contributed by atoms with Gasteiger partial charge in [-0.2, -0.15) is 0 Å². The van der Waals surface area contributed by atoms with Crippen LogP contribution in [0.15, 0.2) is 21.1 Å². The standard InChI is InChI=1S/C16H28Br2/c1-3-4-5-6-7-8-9-12-15(2)13-10-11-14-16(17)18/h13-14H,3-12H2,1-2H3. The molecule has 0 radical (unpaired) electrons. The first kappa shape index (κ1) is 18.4. The van der Waals surface area contributed by atoms with E-state index in [1.54, 1.807) is 5.57 Å².